The molecule has 3 N–H and O–H groups in total. The van der Waals surface area contributed by atoms with Crippen LogP contribution in [0.4, 0.5) is 10.1 Å². The second-order valence-electron chi connectivity index (χ2n) is 6.00. The SMILES string of the molecule is CCCCc1c(S(N)(=O)=O)cn(C)c1C(=O)Nc1ccc(F)c(C)c1. The van der Waals surface area contributed by atoms with E-state index in [0.717, 1.165) is 12.8 Å². The van der Waals surface area contributed by atoms with E-state index in [4.69, 9.17) is 5.14 Å². The Morgan fingerprint density at radius 1 is 1.36 bits per heavy atom. The normalized spacial score (nSPS) is 11.6. The number of hydrogen-bond donors (Lipinski definition) is 2. The van der Waals surface area contributed by atoms with E-state index in [-0.39, 0.29) is 16.4 Å². The van der Waals surface area contributed by atoms with Crippen LogP contribution in [0.25, 0.3) is 0 Å². The Labute approximate surface area is 146 Å². The average Bonchev–Trinajstić information content (AvgIpc) is 2.85. The minimum Gasteiger partial charge on any atom is -0.345 e. The first-order chi connectivity index (χ1) is 11.6. The Balaban J connectivity index is 2.44. The van der Waals surface area contributed by atoms with Gasteiger partial charge in [0.05, 0.1) is 0 Å². The third-order valence-electron chi connectivity index (χ3n) is 3.96. The molecule has 2 rings (SSSR count). The number of anilines is 1. The van der Waals surface area contributed by atoms with Gasteiger partial charge in [0.2, 0.25) is 10.0 Å². The summed E-state index contributed by atoms with van der Waals surface area (Å²) >= 11 is 0. The molecule has 1 aromatic heterocycles. The van der Waals surface area contributed by atoms with E-state index < -0.39 is 15.9 Å². The first-order valence-corrected chi connectivity index (χ1v) is 9.48. The molecule has 0 saturated heterocycles. The topological polar surface area (TPSA) is 94.2 Å². The summed E-state index contributed by atoms with van der Waals surface area (Å²) in [7, 11) is -2.34. The van der Waals surface area contributed by atoms with Gasteiger partial charge in [-0.25, -0.2) is 17.9 Å². The molecule has 6 nitrogen and oxygen atoms in total. The van der Waals surface area contributed by atoms with E-state index >= 15 is 0 Å². The lowest BCUT2D eigenvalue weighted by atomic mass is 10.1. The van der Waals surface area contributed by atoms with Crippen LogP contribution in [-0.4, -0.2) is 18.9 Å². The molecule has 1 heterocycles. The molecule has 0 atom stereocenters. The number of primary sulfonamides is 1. The summed E-state index contributed by atoms with van der Waals surface area (Å²) < 4.78 is 38.5. The number of benzene rings is 1. The number of halogens is 1. The van der Waals surface area contributed by atoms with Gasteiger partial charge in [0, 0.05) is 24.5 Å². The monoisotopic (exact) mass is 367 g/mol. The number of nitrogens with two attached hydrogens (primary N) is 1. The highest BCUT2D eigenvalue weighted by atomic mass is 32.2. The lowest BCUT2D eigenvalue weighted by molar-refractivity contribution is 0.101. The van der Waals surface area contributed by atoms with Gasteiger partial charge in [-0.05, 0) is 43.5 Å². The van der Waals surface area contributed by atoms with Gasteiger partial charge in [-0.15, -0.1) is 0 Å². The number of carbonyl (C=O) groups is 1. The van der Waals surface area contributed by atoms with Crippen molar-refractivity contribution in [2.75, 3.05) is 5.32 Å². The van der Waals surface area contributed by atoms with Crippen LogP contribution in [0.1, 0.15) is 41.4 Å². The number of unbranched alkanes of at least 4 members (excludes halogenated alkanes) is 1. The quantitative estimate of drug-likeness (QED) is 0.822. The fraction of sp³-hybridized carbons (Fsp3) is 0.353. The molecule has 136 valence electrons. The maximum absolute atomic E-state index is 13.4. The van der Waals surface area contributed by atoms with Gasteiger partial charge in [-0.3, -0.25) is 4.79 Å². The summed E-state index contributed by atoms with van der Waals surface area (Å²) in [6, 6.07) is 4.24. The zero-order valence-corrected chi connectivity index (χ0v) is 15.3. The third kappa shape index (κ3) is 4.26. The molecule has 0 saturated carbocycles. The van der Waals surface area contributed by atoms with Crippen LogP contribution in [0.15, 0.2) is 29.3 Å². The van der Waals surface area contributed by atoms with E-state index in [0.29, 0.717) is 23.2 Å². The van der Waals surface area contributed by atoms with Gasteiger partial charge in [0.25, 0.3) is 5.91 Å². The zero-order chi connectivity index (χ0) is 18.8. The predicted molar refractivity (Wildman–Crippen MR) is 94.5 cm³/mol. The molecule has 0 radical (unpaired) electrons. The minimum atomic E-state index is -3.93. The van der Waals surface area contributed by atoms with Gasteiger partial charge in [-0.1, -0.05) is 13.3 Å². The van der Waals surface area contributed by atoms with Crippen molar-refractivity contribution in [1.29, 1.82) is 0 Å². The number of hydrogen-bond acceptors (Lipinski definition) is 3. The number of nitrogens with zero attached hydrogens (tertiary/aromatic N) is 1. The van der Waals surface area contributed by atoms with Crippen molar-refractivity contribution in [3.8, 4) is 0 Å². The lowest BCUT2D eigenvalue weighted by Gasteiger charge is -2.10. The number of aryl methyl sites for hydroxylation is 2. The number of nitrogens with one attached hydrogen (secondary N) is 1. The summed E-state index contributed by atoms with van der Waals surface area (Å²) in [4.78, 5) is 12.7. The van der Waals surface area contributed by atoms with Crippen LogP contribution in [0.5, 0.6) is 0 Å². The summed E-state index contributed by atoms with van der Waals surface area (Å²) in [6.45, 7) is 3.57. The van der Waals surface area contributed by atoms with Crippen molar-refractivity contribution in [3.63, 3.8) is 0 Å². The number of carbonyl (C=O) groups excluding carboxylic acids is 1. The molecule has 0 aliphatic carbocycles. The smallest absolute Gasteiger partial charge is 0.272 e. The molecule has 25 heavy (non-hydrogen) atoms. The predicted octanol–water partition coefficient (Wildman–Crippen LogP) is 2.71. The van der Waals surface area contributed by atoms with Crippen molar-refractivity contribution in [2.24, 2.45) is 12.2 Å². The first kappa shape index (κ1) is 19.1. The van der Waals surface area contributed by atoms with Crippen LogP contribution in [-0.2, 0) is 23.5 Å². The highest BCUT2D eigenvalue weighted by molar-refractivity contribution is 7.89. The molecule has 0 fully saturated rings. The molecule has 1 aromatic carbocycles. The zero-order valence-electron chi connectivity index (χ0n) is 14.5. The fourth-order valence-corrected chi connectivity index (χ4v) is 3.55. The third-order valence-corrected chi connectivity index (χ3v) is 4.93. The van der Waals surface area contributed by atoms with Crippen LogP contribution in [0.2, 0.25) is 0 Å². The Kier molecular flexibility index (Phi) is 5.64. The maximum atomic E-state index is 13.4. The highest BCUT2D eigenvalue weighted by Gasteiger charge is 2.25. The molecule has 2 aromatic rings. The largest absolute Gasteiger partial charge is 0.345 e. The van der Waals surface area contributed by atoms with E-state index in [1.165, 1.54) is 29.0 Å². The van der Waals surface area contributed by atoms with Crippen LogP contribution in [0.3, 0.4) is 0 Å². The van der Waals surface area contributed by atoms with Crippen LogP contribution < -0.4 is 10.5 Å². The van der Waals surface area contributed by atoms with Gasteiger partial charge in [0.15, 0.2) is 0 Å². The maximum Gasteiger partial charge on any atom is 0.272 e. The molecular weight excluding hydrogens is 345 g/mol. The van der Waals surface area contributed by atoms with Crippen molar-refractivity contribution in [3.05, 3.63) is 47.0 Å². The Morgan fingerprint density at radius 2 is 2.04 bits per heavy atom. The van der Waals surface area contributed by atoms with Gasteiger partial charge >= 0.3 is 0 Å². The molecule has 0 unspecified atom stereocenters. The second kappa shape index (κ2) is 7.37. The summed E-state index contributed by atoms with van der Waals surface area (Å²) in [6.07, 6.45) is 3.35. The molecule has 0 bridgehead atoms. The van der Waals surface area contributed by atoms with Crippen LogP contribution in [0, 0.1) is 12.7 Å². The first-order valence-electron chi connectivity index (χ1n) is 7.93. The standard InChI is InChI=1S/C17H22FN3O3S/c1-4-5-6-13-15(25(19,23)24)10-21(3)16(13)17(22)20-12-7-8-14(18)11(2)9-12/h7-10H,4-6H2,1-3H3,(H,20,22)(H2,19,23,24). The summed E-state index contributed by atoms with van der Waals surface area (Å²) in [5.74, 6) is -0.827. The Morgan fingerprint density at radius 3 is 2.60 bits per heavy atom. The van der Waals surface area contributed by atoms with E-state index in [9.17, 15) is 17.6 Å². The van der Waals surface area contributed by atoms with Crippen molar-refractivity contribution in [2.45, 2.75) is 38.0 Å². The minimum absolute atomic E-state index is 0.0381. The molecular formula is C17H22FN3O3S. The van der Waals surface area contributed by atoms with Crippen molar-refractivity contribution in [1.82, 2.24) is 4.57 Å². The molecule has 0 aliphatic heterocycles. The second-order valence-corrected chi connectivity index (χ2v) is 7.53. The summed E-state index contributed by atoms with van der Waals surface area (Å²) in [5, 5.41) is 7.97. The van der Waals surface area contributed by atoms with Crippen molar-refractivity contribution >= 4 is 21.6 Å². The van der Waals surface area contributed by atoms with Gasteiger partial charge in [0.1, 0.15) is 16.4 Å². The molecule has 0 spiro atoms. The Bertz CT molecular complexity index is 904. The summed E-state index contributed by atoms with van der Waals surface area (Å²) in [5.41, 5.74) is 1.48. The Hall–Kier alpha value is -2.19. The molecule has 8 heteroatoms. The van der Waals surface area contributed by atoms with E-state index in [1.807, 2.05) is 6.92 Å². The number of rotatable bonds is 6. The molecule has 0 aliphatic rings. The van der Waals surface area contributed by atoms with Crippen molar-refractivity contribution < 1.29 is 17.6 Å². The number of aromatic nitrogens is 1. The van der Waals surface area contributed by atoms with E-state index in [1.54, 1.807) is 14.0 Å². The number of amides is 1. The van der Waals surface area contributed by atoms with Crippen LogP contribution >= 0.6 is 0 Å². The highest BCUT2D eigenvalue weighted by Crippen LogP contribution is 2.24. The average molecular weight is 367 g/mol. The van der Waals surface area contributed by atoms with Gasteiger partial charge in [-0.2, -0.15) is 0 Å². The fourth-order valence-electron chi connectivity index (χ4n) is 2.70. The molecule has 1 amide bonds. The lowest BCUT2D eigenvalue weighted by Crippen LogP contribution is -2.18. The van der Waals surface area contributed by atoms with Gasteiger partial charge < -0.3 is 9.88 Å². The van der Waals surface area contributed by atoms with E-state index in [2.05, 4.69) is 5.32 Å². The number of sulfonamides is 1.